The molecular formula is C21H20FN3O4S2. The van der Waals surface area contributed by atoms with Gasteiger partial charge in [-0.3, -0.25) is 14.9 Å². The van der Waals surface area contributed by atoms with Gasteiger partial charge in [0, 0.05) is 23.6 Å². The van der Waals surface area contributed by atoms with Crippen molar-refractivity contribution in [2.45, 2.75) is 30.9 Å². The molecule has 1 aromatic heterocycles. The molecule has 0 bridgehead atoms. The molecule has 0 spiro atoms. The van der Waals surface area contributed by atoms with Crippen LogP contribution in [-0.4, -0.2) is 30.5 Å². The Morgan fingerprint density at radius 2 is 1.81 bits per heavy atom. The number of benzene rings is 2. The van der Waals surface area contributed by atoms with Crippen LogP contribution < -0.4 is 10.6 Å². The molecule has 3 rings (SSSR count). The highest BCUT2D eigenvalue weighted by molar-refractivity contribution is 7.92. The molecule has 0 saturated heterocycles. The van der Waals surface area contributed by atoms with Crippen LogP contribution in [0.5, 0.6) is 0 Å². The molecule has 2 amide bonds. The first-order valence-electron chi connectivity index (χ1n) is 9.27. The van der Waals surface area contributed by atoms with E-state index >= 15 is 0 Å². The maximum atomic E-state index is 14.4. The third-order valence-electron chi connectivity index (χ3n) is 4.35. The Morgan fingerprint density at radius 3 is 2.45 bits per heavy atom. The summed E-state index contributed by atoms with van der Waals surface area (Å²) < 4.78 is 39.6. The molecule has 31 heavy (non-hydrogen) atoms. The fraction of sp³-hybridized carbons (Fsp3) is 0.190. The molecule has 2 N–H and O–H groups in total. The van der Waals surface area contributed by atoms with Gasteiger partial charge in [-0.1, -0.05) is 12.1 Å². The van der Waals surface area contributed by atoms with Gasteiger partial charge in [-0.2, -0.15) is 0 Å². The number of nitrogens with zero attached hydrogens (tertiary/aromatic N) is 1. The second-order valence-corrected chi connectivity index (χ2v) is 10.3. The molecule has 0 aliphatic carbocycles. The quantitative estimate of drug-likeness (QED) is 0.568. The number of amides is 2. The van der Waals surface area contributed by atoms with E-state index in [1.165, 1.54) is 31.2 Å². The fourth-order valence-corrected chi connectivity index (χ4v) is 4.73. The van der Waals surface area contributed by atoms with Crippen molar-refractivity contribution in [2.24, 2.45) is 0 Å². The van der Waals surface area contributed by atoms with E-state index in [0.717, 1.165) is 11.3 Å². The topological polar surface area (TPSA) is 105 Å². The largest absolute Gasteiger partial charge is 0.326 e. The molecule has 162 valence electrons. The lowest BCUT2D eigenvalue weighted by Gasteiger charge is -2.12. The smallest absolute Gasteiger partial charge is 0.258 e. The standard InChI is InChI=1S/C21H20FN3O4S2/c1-12(2)31(28,29)19-7-5-4-6-16(19)20(27)25-21-24-18(11-30-21)15-9-8-14(10-17(15)22)23-13(3)26/h4-12H,1-3H3,(H,23,26)(H,24,25,27). The van der Waals surface area contributed by atoms with Crippen LogP contribution in [0.4, 0.5) is 15.2 Å². The van der Waals surface area contributed by atoms with Crippen LogP contribution in [0.1, 0.15) is 31.1 Å². The second kappa shape index (κ2) is 8.94. The van der Waals surface area contributed by atoms with Crippen molar-refractivity contribution in [3.63, 3.8) is 0 Å². The van der Waals surface area contributed by atoms with E-state index in [2.05, 4.69) is 15.6 Å². The number of nitrogens with one attached hydrogen (secondary N) is 2. The summed E-state index contributed by atoms with van der Waals surface area (Å²) in [5.74, 6) is -1.52. The van der Waals surface area contributed by atoms with Gasteiger partial charge >= 0.3 is 0 Å². The minimum Gasteiger partial charge on any atom is -0.326 e. The molecule has 10 heteroatoms. The lowest BCUT2D eigenvalue weighted by molar-refractivity contribution is -0.114. The van der Waals surface area contributed by atoms with Gasteiger partial charge in [0.2, 0.25) is 5.91 Å². The van der Waals surface area contributed by atoms with Crippen molar-refractivity contribution in [3.05, 3.63) is 59.2 Å². The molecule has 0 radical (unpaired) electrons. The summed E-state index contributed by atoms with van der Waals surface area (Å²) in [6.07, 6.45) is 0. The number of hydrogen-bond acceptors (Lipinski definition) is 6. The summed E-state index contributed by atoms with van der Waals surface area (Å²) in [6, 6.07) is 10.2. The monoisotopic (exact) mass is 461 g/mol. The van der Waals surface area contributed by atoms with E-state index in [-0.39, 0.29) is 27.1 Å². The number of hydrogen-bond donors (Lipinski definition) is 2. The van der Waals surface area contributed by atoms with Gasteiger partial charge in [-0.05, 0) is 44.2 Å². The highest BCUT2D eigenvalue weighted by Crippen LogP contribution is 2.29. The predicted molar refractivity (Wildman–Crippen MR) is 119 cm³/mol. The predicted octanol–water partition coefficient (Wildman–Crippen LogP) is 4.34. The lowest BCUT2D eigenvalue weighted by atomic mass is 10.1. The first kappa shape index (κ1) is 22.6. The number of halogens is 1. The Bertz CT molecular complexity index is 1250. The van der Waals surface area contributed by atoms with Crippen molar-refractivity contribution in [3.8, 4) is 11.3 Å². The molecular weight excluding hydrogens is 441 g/mol. The van der Waals surface area contributed by atoms with Crippen molar-refractivity contribution < 1.29 is 22.4 Å². The van der Waals surface area contributed by atoms with Gasteiger partial charge in [-0.15, -0.1) is 11.3 Å². The minimum atomic E-state index is -3.66. The van der Waals surface area contributed by atoms with Crippen LogP contribution in [-0.2, 0) is 14.6 Å². The summed E-state index contributed by atoms with van der Waals surface area (Å²) in [4.78, 5) is 28.0. The van der Waals surface area contributed by atoms with E-state index in [1.807, 2.05) is 0 Å². The third kappa shape index (κ3) is 4.97. The van der Waals surface area contributed by atoms with Crippen molar-refractivity contribution in [1.29, 1.82) is 0 Å². The summed E-state index contributed by atoms with van der Waals surface area (Å²) in [6.45, 7) is 4.41. The Kier molecular flexibility index (Phi) is 6.51. The van der Waals surface area contributed by atoms with Crippen molar-refractivity contribution in [2.75, 3.05) is 10.6 Å². The fourth-order valence-electron chi connectivity index (χ4n) is 2.78. The molecule has 7 nitrogen and oxygen atoms in total. The van der Waals surface area contributed by atoms with Gasteiger partial charge in [0.05, 0.1) is 21.4 Å². The molecule has 0 aliphatic heterocycles. The summed E-state index contributed by atoms with van der Waals surface area (Å²) in [5, 5.41) is 6.16. The molecule has 0 saturated carbocycles. The summed E-state index contributed by atoms with van der Waals surface area (Å²) >= 11 is 1.08. The number of aromatic nitrogens is 1. The average Bonchev–Trinajstić information content (AvgIpc) is 3.15. The molecule has 2 aromatic carbocycles. The van der Waals surface area contributed by atoms with E-state index in [0.29, 0.717) is 11.4 Å². The van der Waals surface area contributed by atoms with E-state index in [9.17, 15) is 22.4 Å². The summed E-state index contributed by atoms with van der Waals surface area (Å²) in [5.41, 5.74) is 0.836. The van der Waals surface area contributed by atoms with Crippen LogP contribution >= 0.6 is 11.3 Å². The van der Waals surface area contributed by atoms with Gasteiger partial charge in [0.1, 0.15) is 5.82 Å². The molecule has 0 fully saturated rings. The first-order chi connectivity index (χ1) is 14.6. The van der Waals surface area contributed by atoms with Crippen LogP contribution in [0.15, 0.2) is 52.7 Å². The zero-order valence-electron chi connectivity index (χ0n) is 17.0. The maximum absolute atomic E-state index is 14.4. The number of carbonyl (C=O) groups is 2. The normalized spacial score (nSPS) is 11.4. The van der Waals surface area contributed by atoms with Crippen molar-refractivity contribution >= 4 is 43.8 Å². The third-order valence-corrected chi connectivity index (χ3v) is 7.32. The van der Waals surface area contributed by atoms with Crippen LogP contribution in [0.3, 0.4) is 0 Å². The maximum Gasteiger partial charge on any atom is 0.258 e. The highest BCUT2D eigenvalue weighted by Gasteiger charge is 2.25. The lowest BCUT2D eigenvalue weighted by Crippen LogP contribution is -2.20. The highest BCUT2D eigenvalue weighted by atomic mass is 32.2. The Labute approximate surface area is 183 Å². The van der Waals surface area contributed by atoms with Crippen molar-refractivity contribution in [1.82, 2.24) is 4.98 Å². The van der Waals surface area contributed by atoms with Gasteiger partial charge in [0.15, 0.2) is 15.0 Å². The van der Waals surface area contributed by atoms with Gasteiger partial charge < -0.3 is 5.32 Å². The molecule has 1 heterocycles. The SMILES string of the molecule is CC(=O)Nc1ccc(-c2csc(NC(=O)c3ccccc3S(=O)(=O)C(C)C)n2)c(F)c1. The molecule has 3 aromatic rings. The molecule has 0 unspecified atom stereocenters. The van der Waals surface area contributed by atoms with E-state index in [4.69, 9.17) is 0 Å². The Hall–Kier alpha value is -3.11. The van der Waals surface area contributed by atoms with Crippen LogP contribution in [0, 0.1) is 5.82 Å². The number of sulfone groups is 1. The number of rotatable bonds is 6. The number of carbonyl (C=O) groups excluding carboxylic acids is 2. The second-order valence-electron chi connectivity index (χ2n) is 6.96. The zero-order valence-corrected chi connectivity index (χ0v) is 18.6. The number of anilines is 2. The van der Waals surface area contributed by atoms with Gasteiger partial charge in [-0.25, -0.2) is 17.8 Å². The van der Waals surface area contributed by atoms with Crippen LogP contribution in [0.2, 0.25) is 0 Å². The van der Waals surface area contributed by atoms with Crippen LogP contribution in [0.25, 0.3) is 11.3 Å². The van der Waals surface area contributed by atoms with E-state index < -0.39 is 26.8 Å². The first-order valence-corrected chi connectivity index (χ1v) is 11.7. The van der Waals surface area contributed by atoms with Gasteiger partial charge in [0.25, 0.3) is 5.91 Å². The summed E-state index contributed by atoms with van der Waals surface area (Å²) in [7, 11) is -3.66. The zero-order chi connectivity index (χ0) is 22.8. The molecule has 0 atom stereocenters. The Morgan fingerprint density at radius 1 is 1.10 bits per heavy atom. The Balaban J connectivity index is 1.85. The average molecular weight is 462 g/mol. The molecule has 0 aliphatic rings. The minimum absolute atomic E-state index is 0.0128. The van der Waals surface area contributed by atoms with E-state index in [1.54, 1.807) is 37.4 Å². The number of thiazole rings is 1.